The number of ether oxygens (including phenoxy) is 1. The Morgan fingerprint density at radius 2 is 2.14 bits per heavy atom. The van der Waals surface area contributed by atoms with Gasteiger partial charge in [-0.25, -0.2) is 0 Å². The molecule has 28 heavy (non-hydrogen) atoms. The highest BCUT2D eigenvalue weighted by molar-refractivity contribution is 6.01. The third kappa shape index (κ3) is 4.17. The first-order valence-electron chi connectivity index (χ1n) is 9.78. The van der Waals surface area contributed by atoms with Gasteiger partial charge in [0, 0.05) is 30.8 Å². The normalized spacial score (nSPS) is 16.0. The summed E-state index contributed by atoms with van der Waals surface area (Å²) in [6, 6.07) is 9.76. The Morgan fingerprint density at radius 3 is 3.00 bits per heavy atom. The number of aromatic nitrogens is 2. The lowest BCUT2D eigenvalue weighted by molar-refractivity contribution is -0.117. The zero-order valence-corrected chi connectivity index (χ0v) is 16.4. The van der Waals surface area contributed by atoms with E-state index in [9.17, 15) is 4.79 Å². The van der Waals surface area contributed by atoms with Gasteiger partial charge in [0.2, 0.25) is 0 Å². The molecule has 2 aromatic rings. The van der Waals surface area contributed by atoms with E-state index >= 15 is 0 Å². The number of nitrogens with one attached hydrogen (secondary N) is 1. The van der Waals surface area contributed by atoms with Crippen molar-refractivity contribution < 1.29 is 9.53 Å². The molecule has 0 saturated heterocycles. The standard InChI is InChI=1S/C22H26N4O2/c1-16(2)14-25-8-9-26-20(15-25)12-19(24-26)13-23-22(27)18-7-10-28-21-6-4-3-5-17(21)11-18/h3-7,10-12,16H,8-9,13-15H2,1-2H3,(H,23,27). The average Bonchev–Trinajstić information content (AvgIpc) is 2.95. The fourth-order valence-corrected chi connectivity index (χ4v) is 3.66. The van der Waals surface area contributed by atoms with Crippen LogP contribution in [0, 0.1) is 5.92 Å². The number of rotatable bonds is 5. The van der Waals surface area contributed by atoms with Gasteiger partial charge in [-0.3, -0.25) is 14.4 Å². The number of carbonyl (C=O) groups is 1. The van der Waals surface area contributed by atoms with Gasteiger partial charge in [-0.15, -0.1) is 0 Å². The minimum Gasteiger partial charge on any atom is -0.464 e. The van der Waals surface area contributed by atoms with Crippen LogP contribution in [-0.4, -0.2) is 33.7 Å². The summed E-state index contributed by atoms with van der Waals surface area (Å²) < 4.78 is 7.61. The van der Waals surface area contributed by atoms with Crippen LogP contribution < -0.4 is 10.1 Å². The van der Waals surface area contributed by atoms with Crippen LogP contribution in [0.1, 0.15) is 30.8 Å². The Balaban J connectivity index is 1.40. The molecule has 2 aliphatic rings. The van der Waals surface area contributed by atoms with Crippen molar-refractivity contribution in [1.82, 2.24) is 20.0 Å². The van der Waals surface area contributed by atoms with Crippen molar-refractivity contribution in [2.24, 2.45) is 5.92 Å². The minimum atomic E-state index is -0.135. The molecule has 0 unspecified atom stereocenters. The summed E-state index contributed by atoms with van der Waals surface area (Å²) in [5.41, 5.74) is 3.56. The van der Waals surface area contributed by atoms with E-state index in [0.29, 0.717) is 18.0 Å². The van der Waals surface area contributed by atoms with E-state index in [1.807, 2.05) is 30.3 Å². The van der Waals surface area contributed by atoms with Crippen LogP contribution >= 0.6 is 0 Å². The predicted octanol–water partition coefficient (Wildman–Crippen LogP) is 2.96. The third-order valence-electron chi connectivity index (χ3n) is 4.92. The molecule has 146 valence electrons. The van der Waals surface area contributed by atoms with E-state index in [-0.39, 0.29) is 5.91 Å². The second-order valence-electron chi connectivity index (χ2n) is 7.72. The Hall–Kier alpha value is -2.86. The molecule has 0 saturated carbocycles. The summed E-state index contributed by atoms with van der Waals surface area (Å²) >= 11 is 0. The van der Waals surface area contributed by atoms with Crippen molar-refractivity contribution in [2.45, 2.75) is 33.5 Å². The smallest absolute Gasteiger partial charge is 0.251 e. The first kappa shape index (κ1) is 18.5. The van der Waals surface area contributed by atoms with E-state index in [4.69, 9.17) is 4.74 Å². The summed E-state index contributed by atoms with van der Waals surface area (Å²) in [5, 5.41) is 7.63. The molecule has 3 heterocycles. The highest BCUT2D eigenvalue weighted by atomic mass is 16.5. The molecule has 1 aromatic heterocycles. The molecule has 0 atom stereocenters. The van der Waals surface area contributed by atoms with Crippen LogP contribution in [0.5, 0.6) is 5.75 Å². The molecule has 4 rings (SSSR count). The molecule has 1 aromatic carbocycles. The maximum atomic E-state index is 12.6. The number of hydrogen-bond donors (Lipinski definition) is 1. The highest BCUT2D eigenvalue weighted by Gasteiger charge is 2.19. The van der Waals surface area contributed by atoms with Gasteiger partial charge >= 0.3 is 0 Å². The number of amides is 1. The van der Waals surface area contributed by atoms with E-state index in [1.54, 1.807) is 12.3 Å². The number of para-hydroxylation sites is 1. The molecule has 2 aliphatic heterocycles. The van der Waals surface area contributed by atoms with Crippen LogP contribution in [0.3, 0.4) is 0 Å². The van der Waals surface area contributed by atoms with Crippen molar-refractivity contribution in [2.75, 3.05) is 13.1 Å². The largest absolute Gasteiger partial charge is 0.464 e. The monoisotopic (exact) mass is 378 g/mol. The van der Waals surface area contributed by atoms with Gasteiger partial charge in [-0.1, -0.05) is 32.0 Å². The summed E-state index contributed by atoms with van der Waals surface area (Å²) in [4.78, 5) is 15.1. The molecule has 1 amide bonds. The topological polar surface area (TPSA) is 59.4 Å². The maximum Gasteiger partial charge on any atom is 0.251 e. The summed E-state index contributed by atoms with van der Waals surface area (Å²) in [6.45, 7) is 8.84. The second kappa shape index (κ2) is 8.02. The number of fused-ring (bicyclic) bond motifs is 2. The van der Waals surface area contributed by atoms with Crippen molar-refractivity contribution in [3.63, 3.8) is 0 Å². The van der Waals surface area contributed by atoms with Gasteiger partial charge in [-0.2, -0.15) is 5.10 Å². The zero-order valence-electron chi connectivity index (χ0n) is 16.4. The molecular formula is C22H26N4O2. The van der Waals surface area contributed by atoms with Gasteiger partial charge in [0.1, 0.15) is 5.75 Å². The van der Waals surface area contributed by atoms with Crippen LogP contribution in [0.25, 0.3) is 6.08 Å². The Labute approximate surface area is 165 Å². The molecule has 0 spiro atoms. The number of benzene rings is 1. The summed E-state index contributed by atoms with van der Waals surface area (Å²) in [6.07, 6.45) is 5.09. The molecule has 0 radical (unpaired) electrons. The van der Waals surface area contributed by atoms with Gasteiger partial charge in [0.25, 0.3) is 5.91 Å². The summed E-state index contributed by atoms with van der Waals surface area (Å²) in [7, 11) is 0. The lowest BCUT2D eigenvalue weighted by atomic mass is 10.1. The first-order valence-corrected chi connectivity index (χ1v) is 9.78. The fraction of sp³-hybridized carbons (Fsp3) is 0.364. The van der Waals surface area contributed by atoms with Gasteiger partial charge in [0.15, 0.2) is 0 Å². The average molecular weight is 378 g/mol. The molecule has 6 nitrogen and oxygen atoms in total. The Kier molecular flexibility index (Phi) is 5.30. The van der Waals surface area contributed by atoms with E-state index < -0.39 is 0 Å². The van der Waals surface area contributed by atoms with Crippen LogP contribution in [0.2, 0.25) is 0 Å². The van der Waals surface area contributed by atoms with Gasteiger partial charge in [-0.05, 0) is 30.2 Å². The predicted molar refractivity (Wildman–Crippen MR) is 108 cm³/mol. The van der Waals surface area contributed by atoms with Crippen LogP contribution in [0.15, 0.2) is 48.2 Å². The van der Waals surface area contributed by atoms with Gasteiger partial charge in [0.05, 0.1) is 30.7 Å². The fourth-order valence-electron chi connectivity index (χ4n) is 3.66. The van der Waals surface area contributed by atoms with Crippen molar-refractivity contribution in [1.29, 1.82) is 0 Å². The van der Waals surface area contributed by atoms with Crippen LogP contribution in [0.4, 0.5) is 0 Å². The van der Waals surface area contributed by atoms with Crippen molar-refractivity contribution in [3.05, 3.63) is 65.2 Å². The third-order valence-corrected chi connectivity index (χ3v) is 4.92. The van der Waals surface area contributed by atoms with Crippen LogP contribution in [-0.2, 0) is 24.4 Å². The first-order chi connectivity index (χ1) is 13.6. The molecule has 0 fully saturated rings. The number of nitrogens with zero attached hydrogens (tertiary/aromatic N) is 3. The van der Waals surface area contributed by atoms with Crippen molar-refractivity contribution in [3.8, 4) is 5.75 Å². The Bertz CT molecular complexity index is 926. The van der Waals surface area contributed by atoms with E-state index in [2.05, 4.69) is 39.9 Å². The van der Waals surface area contributed by atoms with E-state index in [1.165, 1.54) is 5.69 Å². The quantitative estimate of drug-likeness (QED) is 0.869. The number of hydrogen-bond acceptors (Lipinski definition) is 4. The SMILES string of the molecule is CC(C)CN1CCn2nc(CNC(=O)C3=Cc4ccccc4OC=C3)cc2C1. The molecule has 0 bridgehead atoms. The lowest BCUT2D eigenvalue weighted by Gasteiger charge is -2.28. The molecular weight excluding hydrogens is 352 g/mol. The Morgan fingerprint density at radius 1 is 1.29 bits per heavy atom. The molecule has 6 heteroatoms. The zero-order chi connectivity index (χ0) is 19.5. The number of carbonyl (C=O) groups excluding carboxylic acids is 1. The minimum absolute atomic E-state index is 0.135. The van der Waals surface area contributed by atoms with E-state index in [0.717, 1.165) is 43.2 Å². The molecule has 0 aliphatic carbocycles. The lowest BCUT2D eigenvalue weighted by Crippen LogP contribution is -2.36. The maximum absolute atomic E-state index is 12.6. The highest BCUT2D eigenvalue weighted by Crippen LogP contribution is 2.24. The second-order valence-corrected chi connectivity index (χ2v) is 7.72. The molecule has 1 N–H and O–H groups in total. The summed E-state index contributed by atoms with van der Waals surface area (Å²) in [5.74, 6) is 1.27. The van der Waals surface area contributed by atoms with Crippen molar-refractivity contribution >= 4 is 12.0 Å². The van der Waals surface area contributed by atoms with Gasteiger partial charge < -0.3 is 10.1 Å².